The van der Waals surface area contributed by atoms with Crippen LogP contribution in [-0.4, -0.2) is 63.5 Å². The second-order valence-electron chi connectivity index (χ2n) is 6.88. The maximum atomic E-state index is 12.7. The fraction of sp³-hybridized carbons (Fsp3) is 0.227. The van der Waals surface area contributed by atoms with E-state index in [-0.39, 0.29) is 0 Å². The molecule has 7 heteroatoms. The molecule has 0 radical (unpaired) electrons. The van der Waals surface area contributed by atoms with Crippen LogP contribution in [0, 0.1) is 0 Å². The summed E-state index contributed by atoms with van der Waals surface area (Å²) < 4.78 is 0. The van der Waals surface area contributed by atoms with Crippen molar-refractivity contribution in [2.45, 2.75) is 18.1 Å². The van der Waals surface area contributed by atoms with Crippen LogP contribution in [0.15, 0.2) is 66.7 Å². The minimum Gasteiger partial charge on any atom is -0.480 e. The Bertz CT molecular complexity index is 913. The van der Waals surface area contributed by atoms with Gasteiger partial charge in [-0.2, -0.15) is 0 Å². The second kappa shape index (κ2) is 8.70. The Morgan fingerprint density at radius 1 is 1.07 bits per heavy atom. The lowest BCUT2D eigenvalue weighted by atomic mass is 9.90. The lowest BCUT2D eigenvalue weighted by molar-refractivity contribution is -0.165. The average molecular weight is 394 g/mol. The largest absolute Gasteiger partial charge is 0.480 e. The summed E-state index contributed by atoms with van der Waals surface area (Å²) in [5.74, 6) is -2.59. The predicted molar refractivity (Wildman–Crippen MR) is 107 cm³/mol. The molecule has 0 spiro atoms. The predicted octanol–water partition coefficient (Wildman–Crippen LogP) is 2.12. The highest BCUT2D eigenvalue weighted by Gasteiger charge is 2.51. The van der Waals surface area contributed by atoms with Crippen LogP contribution in [-0.2, 0) is 14.4 Å². The van der Waals surface area contributed by atoms with E-state index >= 15 is 0 Å². The number of rotatable bonds is 8. The number of hydrogen-bond acceptors (Lipinski definition) is 4. The van der Waals surface area contributed by atoms with Crippen molar-refractivity contribution in [3.63, 3.8) is 0 Å². The molecule has 0 saturated carbocycles. The van der Waals surface area contributed by atoms with Crippen LogP contribution < -0.4 is 0 Å². The van der Waals surface area contributed by atoms with Gasteiger partial charge in [0, 0.05) is 0 Å². The standard InChI is InChI=1S/C22H22N2O5/c1-23(19(22(28)29)16-10-6-3-7-11-16)20-17(24(21(20)27)14-18(25)26)13-12-15-8-4-2-5-9-15/h2-13,17,19-20H,14H2,1H3,(H,25,26)(H,28,29)/b13-12+/t17-,19?,20+/m1/s1. The maximum absolute atomic E-state index is 12.7. The van der Waals surface area contributed by atoms with E-state index < -0.39 is 42.5 Å². The molecule has 2 aromatic rings. The van der Waals surface area contributed by atoms with Crippen molar-refractivity contribution in [1.29, 1.82) is 0 Å². The van der Waals surface area contributed by atoms with Gasteiger partial charge in [0.15, 0.2) is 0 Å². The molecule has 1 saturated heterocycles. The molecule has 1 aliphatic heterocycles. The molecule has 7 nitrogen and oxygen atoms in total. The first-order valence-corrected chi connectivity index (χ1v) is 9.15. The summed E-state index contributed by atoms with van der Waals surface area (Å²) in [7, 11) is 1.58. The highest BCUT2D eigenvalue weighted by molar-refractivity contribution is 5.93. The van der Waals surface area contributed by atoms with Gasteiger partial charge in [0.1, 0.15) is 18.6 Å². The number of benzene rings is 2. The molecule has 150 valence electrons. The first-order chi connectivity index (χ1) is 13.9. The lowest BCUT2D eigenvalue weighted by Crippen LogP contribution is -2.70. The minimum atomic E-state index is -1.12. The van der Waals surface area contributed by atoms with Gasteiger partial charge in [0.25, 0.3) is 0 Å². The van der Waals surface area contributed by atoms with Crippen LogP contribution in [0.1, 0.15) is 17.2 Å². The molecule has 2 aromatic carbocycles. The zero-order valence-corrected chi connectivity index (χ0v) is 15.9. The van der Waals surface area contributed by atoms with Gasteiger partial charge in [-0.15, -0.1) is 0 Å². The molecule has 1 aliphatic rings. The molecule has 0 bridgehead atoms. The van der Waals surface area contributed by atoms with Crippen molar-refractivity contribution in [1.82, 2.24) is 9.80 Å². The Hall–Kier alpha value is -3.45. The van der Waals surface area contributed by atoms with Gasteiger partial charge in [-0.3, -0.25) is 19.3 Å². The van der Waals surface area contributed by atoms with Gasteiger partial charge in [-0.1, -0.05) is 72.8 Å². The maximum Gasteiger partial charge on any atom is 0.325 e. The number of likely N-dealkylation sites (tertiary alicyclic amines) is 1. The van der Waals surface area contributed by atoms with E-state index in [0.29, 0.717) is 5.56 Å². The molecule has 0 aromatic heterocycles. The van der Waals surface area contributed by atoms with Crippen molar-refractivity contribution in [2.75, 3.05) is 13.6 Å². The minimum absolute atomic E-state index is 0.403. The third-order valence-electron chi connectivity index (χ3n) is 5.01. The van der Waals surface area contributed by atoms with Crippen LogP contribution >= 0.6 is 0 Å². The summed E-state index contributed by atoms with van der Waals surface area (Å²) in [5, 5.41) is 18.9. The second-order valence-corrected chi connectivity index (χ2v) is 6.88. The van der Waals surface area contributed by atoms with Crippen LogP contribution in [0.2, 0.25) is 0 Å². The number of β-lactam (4-membered cyclic amide) rings is 1. The molecule has 2 N–H and O–H groups in total. The number of carbonyl (C=O) groups is 3. The van der Waals surface area contributed by atoms with E-state index in [1.165, 1.54) is 9.80 Å². The number of carboxylic acid groups (broad SMARTS) is 2. The van der Waals surface area contributed by atoms with Crippen molar-refractivity contribution in [2.24, 2.45) is 0 Å². The zero-order valence-electron chi connectivity index (χ0n) is 15.9. The van der Waals surface area contributed by atoms with Gasteiger partial charge < -0.3 is 15.1 Å². The number of nitrogens with zero attached hydrogens (tertiary/aromatic N) is 2. The summed E-state index contributed by atoms with van der Waals surface area (Å²) in [6, 6.07) is 15.7. The highest BCUT2D eigenvalue weighted by atomic mass is 16.4. The monoisotopic (exact) mass is 394 g/mol. The Labute approximate surface area is 168 Å². The van der Waals surface area contributed by atoms with Crippen LogP contribution in [0.25, 0.3) is 6.08 Å². The summed E-state index contributed by atoms with van der Waals surface area (Å²) in [6.07, 6.45) is 3.57. The van der Waals surface area contributed by atoms with E-state index in [4.69, 9.17) is 5.11 Å². The number of likely N-dealkylation sites (N-methyl/N-ethyl adjacent to an activating group) is 1. The molecule has 1 amide bonds. The average Bonchev–Trinajstić information content (AvgIpc) is 2.70. The van der Waals surface area contributed by atoms with Crippen molar-refractivity contribution >= 4 is 23.9 Å². The van der Waals surface area contributed by atoms with Gasteiger partial charge in [0.05, 0.1) is 6.04 Å². The van der Waals surface area contributed by atoms with Crippen molar-refractivity contribution in [3.05, 3.63) is 77.9 Å². The van der Waals surface area contributed by atoms with Gasteiger partial charge in [-0.05, 0) is 18.2 Å². The molecule has 3 rings (SSSR count). The first-order valence-electron chi connectivity index (χ1n) is 9.15. The molecule has 1 heterocycles. The molecule has 0 aliphatic carbocycles. The number of aliphatic carboxylic acids is 2. The van der Waals surface area contributed by atoms with Crippen molar-refractivity contribution in [3.8, 4) is 0 Å². The quantitative estimate of drug-likeness (QED) is 0.666. The van der Waals surface area contributed by atoms with E-state index in [1.807, 2.05) is 36.4 Å². The summed E-state index contributed by atoms with van der Waals surface area (Å²) >= 11 is 0. The topological polar surface area (TPSA) is 98.2 Å². The third-order valence-corrected chi connectivity index (χ3v) is 5.01. The fourth-order valence-corrected chi connectivity index (χ4v) is 3.63. The van der Waals surface area contributed by atoms with Crippen LogP contribution in [0.5, 0.6) is 0 Å². The summed E-state index contributed by atoms with van der Waals surface area (Å²) in [4.78, 5) is 38.6. The Morgan fingerprint density at radius 3 is 2.21 bits per heavy atom. The highest BCUT2D eigenvalue weighted by Crippen LogP contribution is 2.32. The molecule has 3 atom stereocenters. The molecular formula is C22H22N2O5. The third kappa shape index (κ3) is 4.35. The summed E-state index contributed by atoms with van der Waals surface area (Å²) in [5.41, 5.74) is 1.46. The molecule has 1 unspecified atom stereocenters. The smallest absolute Gasteiger partial charge is 0.325 e. The molecule has 29 heavy (non-hydrogen) atoms. The number of carboxylic acids is 2. The lowest BCUT2D eigenvalue weighted by Gasteiger charge is -2.50. The first kappa shape index (κ1) is 20.3. The Balaban J connectivity index is 1.89. The molecular weight excluding hydrogens is 372 g/mol. The number of hydrogen-bond donors (Lipinski definition) is 2. The number of amides is 1. The Morgan fingerprint density at radius 2 is 1.66 bits per heavy atom. The van der Waals surface area contributed by atoms with Crippen molar-refractivity contribution < 1.29 is 24.6 Å². The van der Waals surface area contributed by atoms with Crippen LogP contribution in [0.3, 0.4) is 0 Å². The fourth-order valence-electron chi connectivity index (χ4n) is 3.63. The Kier molecular flexibility index (Phi) is 6.09. The number of carbonyl (C=O) groups excluding carboxylic acids is 1. The SMILES string of the molecule is CN(C(C(=O)O)c1ccccc1)[C@@H]1C(=O)N(CC(=O)O)[C@@H]1/C=C/c1ccccc1. The van der Waals surface area contributed by atoms with Gasteiger partial charge in [0.2, 0.25) is 5.91 Å². The zero-order chi connectivity index (χ0) is 21.0. The normalized spacial score (nSPS) is 19.9. The van der Waals surface area contributed by atoms with Gasteiger partial charge in [-0.25, -0.2) is 0 Å². The van der Waals surface area contributed by atoms with Gasteiger partial charge >= 0.3 is 11.9 Å². The van der Waals surface area contributed by atoms with E-state index in [2.05, 4.69) is 0 Å². The van der Waals surface area contributed by atoms with Crippen LogP contribution in [0.4, 0.5) is 0 Å². The van der Waals surface area contributed by atoms with E-state index in [1.54, 1.807) is 43.5 Å². The summed E-state index contributed by atoms with van der Waals surface area (Å²) in [6.45, 7) is -0.434. The van der Waals surface area contributed by atoms with E-state index in [9.17, 15) is 19.5 Å². The van der Waals surface area contributed by atoms with E-state index in [0.717, 1.165) is 5.56 Å². The molecule has 1 fully saturated rings.